The van der Waals surface area contributed by atoms with Crippen LogP contribution in [0.5, 0.6) is 5.75 Å². The second kappa shape index (κ2) is 8.93. The summed E-state index contributed by atoms with van der Waals surface area (Å²) in [6, 6.07) is 10.4. The SMILES string of the molecule is CC(C)CNC(=O)c1csc(-c2ccc(OCc3ccc(F)cc3)cc2F)n1. The number of aromatic nitrogens is 1. The molecule has 0 aliphatic heterocycles. The molecule has 2 aromatic carbocycles. The van der Waals surface area contributed by atoms with E-state index in [2.05, 4.69) is 10.3 Å². The van der Waals surface area contributed by atoms with E-state index in [9.17, 15) is 13.6 Å². The van der Waals surface area contributed by atoms with Gasteiger partial charge in [0.25, 0.3) is 5.91 Å². The van der Waals surface area contributed by atoms with Crippen molar-refractivity contribution in [3.63, 3.8) is 0 Å². The first-order valence-electron chi connectivity index (χ1n) is 8.83. The van der Waals surface area contributed by atoms with E-state index in [0.717, 1.165) is 5.56 Å². The van der Waals surface area contributed by atoms with Gasteiger partial charge in [0.2, 0.25) is 0 Å². The maximum absolute atomic E-state index is 14.5. The Morgan fingerprint density at radius 1 is 1.18 bits per heavy atom. The molecule has 1 N–H and O–H groups in total. The average Bonchev–Trinajstić information content (AvgIpc) is 3.15. The topological polar surface area (TPSA) is 51.2 Å². The van der Waals surface area contributed by atoms with Crippen LogP contribution in [-0.4, -0.2) is 17.4 Å². The highest BCUT2D eigenvalue weighted by Gasteiger charge is 2.15. The lowest BCUT2D eigenvalue weighted by molar-refractivity contribution is 0.0945. The summed E-state index contributed by atoms with van der Waals surface area (Å²) in [7, 11) is 0. The lowest BCUT2D eigenvalue weighted by Crippen LogP contribution is -2.27. The smallest absolute Gasteiger partial charge is 0.270 e. The molecule has 3 rings (SSSR count). The van der Waals surface area contributed by atoms with E-state index in [1.165, 1.54) is 29.5 Å². The van der Waals surface area contributed by atoms with Crippen molar-refractivity contribution in [1.82, 2.24) is 10.3 Å². The number of carbonyl (C=O) groups excluding carboxylic acids is 1. The van der Waals surface area contributed by atoms with Gasteiger partial charge in [-0.1, -0.05) is 26.0 Å². The summed E-state index contributed by atoms with van der Waals surface area (Å²) in [5.41, 5.74) is 1.36. The van der Waals surface area contributed by atoms with Crippen LogP contribution in [-0.2, 0) is 6.61 Å². The molecule has 4 nitrogen and oxygen atoms in total. The number of rotatable bonds is 7. The number of nitrogens with zero attached hydrogens (tertiary/aromatic N) is 1. The molecule has 0 bridgehead atoms. The van der Waals surface area contributed by atoms with Crippen molar-refractivity contribution in [1.29, 1.82) is 0 Å². The molecule has 0 saturated heterocycles. The molecule has 1 amide bonds. The van der Waals surface area contributed by atoms with E-state index < -0.39 is 5.82 Å². The Morgan fingerprint density at radius 3 is 2.61 bits per heavy atom. The van der Waals surface area contributed by atoms with Crippen molar-refractivity contribution in [3.05, 3.63) is 70.7 Å². The van der Waals surface area contributed by atoms with Gasteiger partial charge in [0, 0.05) is 23.6 Å². The van der Waals surface area contributed by atoms with Gasteiger partial charge in [-0.05, 0) is 35.7 Å². The Kier molecular flexibility index (Phi) is 6.36. The van der Waals surface area contributed by atoms with Crippen LogP contribution in [0, 0.1) is 17.6 Å². The summed E-state index contributed by atoms with van der Waals surface area (Å²) in [6.07, 6.45) is 0. The molecule has 0 atom stereocenters. The van der Waals surface area contributed by atoms with Gasteiger partial charge in [0.1, 0.15) is 34.7 Å². The highest BCUT2D eigenvalue weighted by molar-refractivity contribution is 7.13. The Balaban J connectivity index is 1.67. The van der Waals surface area contributed by atoms with Crippen LogP contribution in [0.25, 0.3) is 10.6 Å². The maximum atomic E-state index is 14.5. The fraction of sp³-hybridized carbons (Fsp3) is 0.238. The predicted molar refractivity (Wildman–Crippen MR) is 105 cm³/mol. The Labute approximate surface area is 166 Å². The third kappa shape index (κ3) is 5.13. The van der Waals surface area contributed by atoms with Gasteiger partial charge < -0.3 is 10.1 Å². The van der Waals surface area contributed by atoms with Crippen molar-refractivity contribution in [2.45, 2.75) is 20.5 Å². The van der Waals surface area contributed by atoms with E-state index >= 15 is 0 Å². The number of thiazole rings is 1. The molecule has 0 spiro atoms. The minimum absolute atomic E-state index is 0.205. The lowest BCUT2D eigenvalue weighted by atomic mass is 10.2. The van der Waals surface area contributed by atoms with E-state index in [1.807, 2.05) is 13.8 Å². The number of ether oxygens (including phenoxy) is 1. The van der Waals surface area contributed by atoms with E-state index in [4.69, 9.17) is 4.74 Å². The Hall–Kier alpha value is -2.80. The van der Waals surface area contributed by atoms with Crippen LogP contribution in [0.4, 0.5) is 8.78 Å². The molecular weight excluding hydrogens is 382 g/mol. The first-order chi connectivity index (χ1) is 13.4. The first kappa shape index (κ1) is 19.9. The molecule has 146 valence electrons. The molecule has 0 saturated carbocycles. The van der Waals surface area contributed by atoms with Crippen LogP contribution in [0.3, 0.4) is 0 Å². The number of hydrogen-bond donors (Lipinski definition) is 1. The summed E-state index contributed by atoms with van der Waals surface area (Å²) in [5, 5.41) is 4.83. The molecule has 0 aliphatic carbocycles. The maximum Gasteiger partial charge on any atom is 0.270 e. The largest absolute Gasteiger partial charge is 0.489 e. The van der Waals surface area contributed by atoms with Crippen molar-refractivity contribution in [3.8, 4) is 16.3 Å². The van der Waals surface area contributed by atoms with Crippen LogP contribution in [0.2, 0.25) is 0 Å². The summed E-state index contributed by atoms with van der Waals surface area (Å²) in [5.74, 6) is -0.380. The average molecular weight is 402 g/mol. The number of carbonyl (C=O) groups is 1. The number of nitrogens with one attached hydrogen (secondary N) is 1. The van der Waals surface area contributed by atoms with Gasteiger partial charge in [-0.2, -0.15) is 0 Å². The van der Waals surface area contributed by atoms with Gasteiger partial charge in [0.15, 0.2) is 0 Å². The molecule has 0 aliphatic rings. The quantitative estimate of drug-likeness (QED) is 0.601. The summed E-state index contributed by atoms with van der Waals surface area (Å²) < 4.78 is 33.0. The van der Waals surface area contributed by atoms with Crippen molar-refractivity contribution < 1.29 is 18.3 Å². The van der Waals surface area contributed by atoms with Crippen molar-refractivity contribution in [2.75, 3.05) is 6.54 Å². The monoisotopic (exact) mass is 402 g/mol. The molecule has 0 unspecified atom stereocenters. The van der Waals surface area contributed by atoms with Crippen LogP contribution >= 0.6 is 11.3 Å². The Bertz CT molecular complexity index is 955. The van der Waals surface area contributed by atoms with Gasteiger partial charge in [-0.15, -0.1) is 11.3 Å². The normalized spacial score (nSPS) is 10.9. The minimum Gasteiger partial charge on any atom is -0.489 e. The standard InChI is InChI=1S/C21H20F2N2O2S/c1-13(2)10-24-20(26)19-12-28-21(25-19)17-8-7-16(9-18(17)23)27-11-14-3-5-15(22)6-4-14/h3-9,12-13H,10-11H2,1-2H3,(H,24,26). The van der Waals surface area contributed by atoms with Crippen LogP contribution in [0.15, 0.2) is 47.8 Å². The van der Waals surface area contributed by atoms with E-state index in [-0.39, 0.29) is 24.0 Å². The fourth-order valence-electron chi connectivity index (χ4n) is 2.40. The predicted octanol–water partition coefficient (Wildman–Crippen LogP) is 5.05. The van der Waals surface area contributed by atoms with E-state index in [0.29, 0.717) is 28.8 Å². The molecule has 0 radical (unpaired) electrons. The summed E-state index contributed by atoms with van der Waals surface area (Å²) in [6.45, 7) is 4.76. The molecule has 7 heteroatoms. The number of benzene rings is 2. The van der Waals surface area contributed by atoms with Crippen molar-refractivity contribution in [2.24, 2.45) is 5.92 Å². The number of amides is 1. The number of halogens is 2. The zero-order valence-electron chi connectivity index (χ0n) is 15.5. The fourth-order valence-corrected chi connectivity index (χ4v) is 3.22. The van der Waals surface area contributed by atoms with Crippen LogP contribution < -0.4 is 10.1 Å². The van der Waals surface area contributed by atoms with Crippen LogP contribution in [0.1, 0.15) is 29.9 Å². The molecule has 1 aromatic heterocycles. The highest BCUT2D eigenvalue weighted by atomic mass is 32.1. The molecule has 0 fully saturated rings. The molecular formula is C21H20F2N2O2S. The second-order valence-electron chi connectivity index (χ2n) is 6.70. The summed E-state index contributed by atoms with van der Waals surface area (Å²) >= 11 is 1.21. The molecule has 1 heterocycles. The zero-order valence-corrected chi connectivity index (χ0v) is 16.4. The highest BCUT2D eigenvalue weighted by Crippen LogP contribution is 2.29. The minimum atomic E-state index is -0.486. The third-order valence-corrected chi connectivity index (χ3v) is 4.77. The van der Waals surface area contributed by atoms with Gasteiger partial charge in [-0.25, -0.2) is 13.8 Å². The first-order valence-corrected chi connectivity index (χ1v) is 9.71. The lowest BCUT2D eigenvalue weighted by Gasteiger charge is -2.08. The number of hydrogen-bond acceptors (Lipinski definition) is 4. The van der Waals surface area contributed by atoms with Crippen molar-refractivity contribution >= 4 is 17.2 Å². The van der Waals surface area contributed by atoms with Gasteiger partial charge in [0.05, 0.1) is 0 Å². The second-order valence-corrected chi connectivity index (χ2v) is 7.56. The Morgan fingerprint density at radius 2 is 1.93 bits per heavy atom. The summed E-state index contributed by atoms with van der Waals surface area (Å²) in [4.78, 5) is 16.3. The zero-order chi connectivity index (χ0) is 20.1. The van der Waals surface area contributed by atoms with E-state index in [1.54, 1.807) is 29.6 Å². The molecule has 3 aromatic rings. The third-order valence-electron chi connectivity index (χ3n) is 3.90. The van der Waals surface area contributed by atoms with Gasteiger partial charge >= 0.3 is 0 Å². The van der Waals surface area contributed by atoms with Gasteiger partial charge in [-0.3, -0.25) is 4.79 Å². The molecule has 28 heavy (non-hydrogen) atoms.